The molecule has 0 rings (SSSR count). The number of rotatable bonds is 48. The van der Waals surface area contributed by atoms with E-state index in [9.17, 15) is 38.4 Å². The topological polar surface area (TPSA) is 245 Å². The number of ether oxygens (including phenoxy) is 5. The second-order valence-electron chi connectivity index (χ2n) is 24.6. The molecule has 0 bridgehead atoms. The molecule has 0 aliphatic carbocycles. The van der Waals surface area contributed by atoms with E-state index in [4.69, 9.17) is 29.4 Å². The Labute approximate surface area is 488 Å². The molecule has 0 aliphatic rings. The third kappa shape index (κ3) is 47.7. The van der Waals surface area contributed by atoms with Gasteiger partial charge >= 0.3 is 29.8 Å². The first-order valence-corrected chi connectivity index (χ1v) is 32.1. The Balaban J connectivity index is 5.63. The van der Waals surface area contributed by atoms with Crippen molar-refractivity contribution >= 4 is 59.3 Å². The standard InChI is InChI=1S/C62H114N4O13S/c1-12-14-16-18-20-22-24-26-28-30-32-34-36-38-53(68)75-45-48(76-54(69)39-37-35-33-31-29-27-25-23-21-19-17-15-13-2)46-80-47-49(63)57(72)66-50(40-42-55(70)77-60(3,4)5)58(73)64-44-52(67)65-51(59(74)79-62(9,10)11)41-43-56(71)78-61(6,7)8/h48-51H,12-47,63H2,1-11H3,(H,64,73)(H,65,67)(H,66,72)/t48-,49+,50+,51+/m1/s1. The Morgan fingerprint density at radius 2 is 0.825 bits per heavy atom. The third-order valence-electron chi connectivity index (χ3n) is 12.8. The SMILES string of the molecule is CCCCCCCCCCCCCCCC(=O)OC[C@H](CSC[C@H](N)C(=O)N[C@@H](CCC(=O)OC(C)(C)C)C(=O)NCC(=O)N[C@@H](CCC(=O)OC(C)(C)C)C(=O)OC(C)(C)C)OC(=O)CCCCCCCCCCCCCCC. The van der Waals surface area contributed by atoms with Crippen LogP contribution < -0.4 is 21.7 Å². The van der Waals surface area contributed by atoms with Crippen LogP contribution in [0.5, 0.6) is 0 Å². The lowest BCUT2D eigenvalue weighted by Gasteiger charge is -2.25. The van der Waals surface area contributed by atoms with Crippen LogP contribution in [0.25, 0.3) is 0 Å². The van der Waals surface area contributed by atoms with Gasteiger partial charge in [-0.25, -0.2) is 4.79 Å². The van der Waals surface area contributed by atoms with E-state index in [2.05, 4.69) is 29.8 Å². The van der Waals surface area contributed by atoms with Gasteiger partial charge in [-0.2, -0.15) is 11.8 Å². The summed E-state index contributed by atoms with van der Waals surface area (Å²) in [5.74, 6) is -4.84. The molecule has 0 aromatic carbocycles. The summed E-state index contributed by atoms with van der Waals surface area (Å²) in [6, 6.07) is -3.75. The molecule has 0 unspecified atom stereocenters. The molecular weight excluding hydrogens is 1040 g/mol. The fraction of sp³-hybridized carbons (Fsp3) is 0.871. The van der Waals surface area contributed by atoms with Gasteiger partial charge in [0.05, 0.1) is 12.6 Å². The zero-order valence-electron chi connectivity index (χ0n) is 52.1. The molecule has 0 radical (unpaired) electrons. The maximum absolute atomic E-state index is 13.6. The summed E-state index contributed by atoms with van der Waals surface area (Å²) >= 11 is 1.22. The number of unbranched alkanes of at least 4 members (excludes halogenated alkanes) is 24. The van der Waals surface area contributed by atoms with E-state index in [-0.39, 0.29) is 68.6 Å². The van der Waals surface area contributed by atoms with Crippen molar-refractivity contribution in [2.75, 3.05) is 24.7 Å². The number of hydrogen-bond acceptors (Lipinski definition) is 15. The zero-order valence-corrected chi connectivity index (χ0v) is 52.9. The van der Waals surface area contributed by atoms with E-state index < -0.39 is 83.2 Å². The van der Waals surface area contributed by atoms with Crippen LogP contribution in [-0.4, -0.2) is 113 Å². The Bertz CT molecular complexity index is 1730. The largest absolute Gasteiger partial charge is 0.462 e. The Kier molecular flexibility index (Phi) is 43.3. The molecule has 466 valence electrons. The van der Waals surface area contributed by atoms with Gasteiger partial charge in [0.2, 0.25) is 17.7 Å². The van der Waals surface area contributed by atoms with Gasteiger partial charge in [-0.1, -0.05) is 168 Å². The third-order valence-corrected chi connectivity index (χ3v) is 14.0. The van der Waals surface area contributed by atoms with Gasteiger partial charge in [-0.05, 0) is 88.0 Å². The Hall–Kier alpha value is -3.93. The predicted molar refractivity (Wildman–Crippen MR) is 320 cm³/mol. The van der Waals surface area contributed by atoms with Crippen LogP contribution in [0.3, 0.4) is 0 Å². The Morgan fingerprint density at radius 3 is 1.24 bits per heavy atom. The molecule has 0 heterocycles. The zero-order chi connectivity index (χ0) is 60.2. The lowest BCUT2D eigenvalue weighted by molar-refractivity contribution is -0.160. The summed E-state index contributed by atoms with van der Waals surface area (Å²) in [6.07, 6.45) is 29.8. The highest BCUT2D eigenvalue weighted by Gasteiger charge is 2.31. The molecule has 5 N–H and O–H groups in total. The van der Waals surface area contributed by atoms with E-state index >= 15 is 0 Å². The number of hydrogen-bond donors (Lipinski definition) is 4. The van der Waals surface area contributed by atoms with E-state index in [1.165, 1.54) is 127 Å². The van der Waals surface area contributed by atoms with Crippen molar-refractivity contribution in [1.29, 1.82) is 0 Å². The van der Waals surface area contributed by atoms with Gasteiger partial charge in [0.25, 0.3) is 0 Å². The summed E-state index contributed by atoms with van der Waals surface area (Å²) in [5.41, 5.74) is 3.88. The normalized spacial score (nSPS) is 13.3. The number of thioether (sulfide) groups is 1. The molecular formula is C62H114N4O13S. The average molecular weight is 1160 g/mol. The summed E-state index contributed by atoms with van der Waals surface area (Å²) in [5, 5.41) is 7.59. The highest BCUT2D eigenvalue weighted by atomic mass is 32.2. The average Bonchev–Trinajstić information content (AvgIpc) is 3.35. The van der Waals surface area contributed by atoms with Gasteiger partial charge in [-0.15, -0.1) is 0 Å². The quantitative estimate of drug-likeness (QED) is 0.0251. The van der Waals surface area contributed by atoms with Crippen molar-refractivity contribution in [3.63, 3.8) is 0 Å². The van der Waals surface area contributed by atoms with Crippen molar-refractivity contribution in [2.45, 2.75) is 323 Å². The second-order valence-corrected chi connectivity index (χ2v) is 25.7. The lowest BCUT2D eigenvalue weighted by Crippen LogP contribution is -2.54. The molecule has 0 aromatic heterocycles. The van der Waals surface area contributed by atoms with Crippen LogP contribution in [0.1, 0.15) is 282 Å². The van der Waals surface area contributed by atoms with Crippen molar-refractivity contribution in [1.82, 2.24) is 16.0 Å². The molecule has 0 spiro atoms. The second kappa shape index (κ2) is 45.6. The van der Waals surface area contributed by atoms with Gasteiger partial charge < -0.3 is 45.4 Å². The number of carbonyl (C=O) groups is 8. The van der Waals surface area contributed by atoms with Crippen LogP contribution >= 0.6 is 11.8 Å². The van der Waals surface area contributed by atoms with Gasteiger partial charge in [0.15, 0.2) is 0 Å². The molecule has 0 saturated carbocycles. The van der Waals surface area contributed by atoms with Crippen molar-refractivity contribution in [2.24, 2.45) is 5.73 Å². The smallest absolute Gasteiger partial charge is 0.329 e. The minimum absolute atomic E-state index is 0.0316. The summed E-state index contributed by atoms with van der Waals surface area (Å²) in [6.45, 7) is 18.9. The molecule has 3 amide bonds. The van der Waals surface area contributed by atoms with E-state index in [0.717, 1.165) is 38.5 Å². The van der Waals surface area contributed by atoms with Crippen LogP contribution in [0.15, 0.2) is 0 Å². The minimum Gasteiger partial charge on any atom is -0.462 e. The fourth-order valence-corrected chi connectivity index (χ4v) is 9.58. The van der Waals surface area contributed by atoms with Crippen LogP contribution in [-0.2, 0) is 62.0 Å². The molecule has 18 heteroatoms. The van der Waals surface area contributed by atoms with Crippen molar-refractivity contribution < 1.29 is 62.0 Å². The van der Waals surface area contributed by atoms with Gasteiger partial charge in [0, 0.05) is 37.2 Å². The summed E-state index contributed by atoms with van der Waals surface area (Å²) in [7, 11) is 0. The summed E-state index contributed by atoms with van der Waals surface area (Å²) < 4.78 is 27.7. The number of nitrogens with one attached hydrogen (secondary N) is 3. The van der Waals surface area contributed by atoms with Crippen LogP contribution in [0, 0.1) is 0 Å². The van der Waals surface area contributed by atoms with Crippen molar-refractivity contribution in [3.05, 3.63) is 0 Å². The van der Waals surface area contributed by atoms with Crippen LogP contribution in [0.4, 0.5) is 0 Å². The Morgan fingerprint density at radius 1 is 0.438 bits per heavy atom. The summed E-state index contributed by atoms with van der Waals surface area (Å²) in [4.78, 5) is 105. The van der Waals surface area contributed by atoms with E-state index in [0.29, 0.717) is 12.8 Å². The molecule has 0 saturated heterocycles. The lowest BCUT2D eigenvalue weighted by atomic mass is 10.0. The molecule has 80 heavy (non-hydrogen) atoms. The highest BCUT2D eigenvalue weighted by molar-refractivity contribution is 7.99. The van der Waals surface area contributed by atoms with Gasteiger partial charge in [0.1, 0.15) is 41.6 Å². The van der Waals surface area contributed by atoms with E-state index in [1.54, 1.807) is 62.3 Å². The predicted octanol–water partition coefficient (Wildman–Crippen LogP) is 12.1. The molecule has 17 nitrogen and oxygen atoms in total. The van der Waals surface area contributed by atoms with E-state index in [1.807, 2.05) is 0 Å². The molecule has 0 aliphatic heterocycles. The first kappa shape index (κ1) is 76.1. The number of nitrogens with two attached hydrogens (primary N) is 1. The molecule has 4 atom stereocenters. The first-order valence-electron chi connectivity index (χ1n) is 31.0. The van der Waals surface area contributed by atoms with Crippen LogP contribution in [0.2, 0.25) is 0 Å². The first-order chi connectivity index (χ1) is 37.7. The number of carbonyl (C=O) groups excluding carboxylic acids is 8. The van der Waals surface area contributed by atoms with Gasteiger partial charge in [-0.3, -0.25) is 33.6 Å². The van der Waals surface area contributed by atoms with Crippen molar-refractivity contribution in [3.8, 4) is 0 Å². The molecule has 0 aromatic rings. The number of esters is 5. The maximum Gasteiger partial charge on any atom is 0.329 e. The number of amides is 3. The maximum atomic E-state index is 13.6. The fourth-order valence-electron chi connectivity index (χ4n) is 8.61. The molecule has 0 fully saturated rings. The highest BCUT2D eigenvalue weighted by Crippen LogP contribution is 2.19. The minimum atomic E-state index is -1.33. The monoisotopic (exact) mass is 1150 g/mol.